The van der Waals surface area contributed by atoms with Crippen molar-refractivity contribution >= 4 is 23.1 Å². The lowest BCUT2D eigenvalue weighted by atomic mass is 9.86. The largest absolute Gasteiger partial charge is 0.392 e. The van der Waals surface area contributed by atoms with Crippen LogP contribution in [0.5, 0.6) is 0 Å². The normalized spacial score (nSPS) is 13.7. The van der Waals surface area contributed by atoms with Crippen LogP contribution in [0.2, 0.25) is 0 Å². The first-order valence-electron chi connectivity index (χ1n) is 13.0. The molecular weight excluding hydrogens is 513 g/mol. The van der Waals surface area contributed by atoms with Gasteiger partial charge in [-0.25, -0.2) is 9.49 Å². The minimum absolute atomic E-state index is 0.0787. The monoisotopic (exact) mass is 545 g/mol. The van der Waals surface area contributed by atoms with Crippen LogP contribution in [-0.2, 0) is 25.1 Å². The third-order valence-corrected chi connectivity index (χ3v) is 7.00. The molecule has 0 spiro atoms. The molecule has 0 unspecified atom stereocenters. The van der Waals surface area contributed by atoms with Crippen molar-refractivity contribution in [2.75, 3.05) is 24.2 Å². The molecule has 11 heteroatoms. The van der Waals surface area contributed by atoms with Crippen LogP contribution in [0.1, 0.15) is 48.0 Å². The van der Waals surface area contributed by atoms with Gasteiger partial charge in [0.1, 0.15) is 11.5 Å². The van der Waals surface area contributed by atoms with E-state index in [-0.39, 0.29) is 28.0 Å². The van der Waals surface area contributed by atoms with Crippen LogP contribution in [0.15, 0.2) is 53.3 Å². The lowest BCUT2D eigenvalue weighted by molar-refractivity contribution is 0.102. The Hall–Kier alpha value is -4.35. The quantitative estimate of drug-likeness (QED) is 0.288. The zero-order valence-electron chi connectivity index (χ0n) is 22.9. The Kier molecular flexibility index (Phi) is 7.26. The van der Waals surface area contributed by atoms with E-state index in [1.165, 1.54) is 18.2 Å². The highest BCUT2D eigenvalue weighted by Gasteiger charge is 2.21. The van der Waals surface area contributed by atoms with Gasteiger partial charge in [-0.15, -0.1) is 0 Å². The highest BCUT2D eigenvalue weighted by molar-refractivity contribution is 6.05. The predicted octanol–water partition coefficient (Wildman–Crippen LogP) is 4.00. The van der Waals surface area contributed by atoms with Crippen LogP contribution in [0.25, 0.3) is 11.3 Å². The fourth-order valence-corrected chi connectivity index (χ4v) is 4.70. The zero-order chi connectivity index (χ0) is 28.6. The molecule has 0 atom stereocenters. The molecule has 4 aromatic rings. The van der Waals surface area contributed by atoms with E-state index in [1.54, 1.807) is 12.1 Å². The number of aliphatic hydroxyl groups is 1. The Balaban J connectivity index is 1.44. The number of halogens is 1. The fourth-order valence-electron chi connectivity index (χ4n) is 4.70. The zero-order valence-corrected chi connectivity index (χ0v) is 22.9. The van der Waals surface area contributed by atoms with E-state index in [1.807, 2.05) is 29.9 Å². The molecule has 5 rings (SSSR count). The molecule has 0 saturated heterocycles. The summed E-state index contributed by atoms with van der Waals surface area (Å²) in [6, 6.07) is 13.1. The first-order chi connectivity index (χ1) is 19.0. The molecule has 40 heavy (non-hydrogen) atoms. The van der Waals surface area contributed by atoms with Crippen molar-refractivity contribution in [2.45, 2.75) is 45.9 Å². The molecule has 0 bridgehead atoms. The van der Waals surface area contributed by atoms with Gasteiger partial charge in [0.25, 0.3) is 11.5 Å². The van der Waals surface area contributed by atoms with Gasteiger partial charge in [-0.1, -0.05) is 32.9 Å². The number of H-pyrrole nitrogens is 1. The second-order valence-electron chi connectivity index (χ2n) is 11.0. The molecule has 1 aliphatic heterocycles. The standard InChI is InChI=1S/C29H32FN7O3/c1-29(2,3)18-7-5-17(6-8-18)27(39)32-26-21(16-38)20(9-10-22(26)30)23-14-24(28(40)34-33-23)31-25-13-19-15-36(4)11-12-37(19)35-25/h5-10,13-14,38H,11-12,15-16H2,1-4H3,(H,32,39)(H,34,40)(H,31,33,35). The lowest BCUT2D eigenvalue weighted by Crippen LogP contribution is -2.30. The number of fused-ring (bicyclic) bond motifs is 1. The molecule has 1 aliphatic rings. The number of rotatable bonds is 6. The van der Waals surface area contributed by atoms with E-state index >= 15 is 0 Å². The molecule has 4 N–H and O–H groups in total. The fraction of sp³-hybridized carbons (Fsp3) is 0.310. The Labute approximate surface area is 230 Å². The summed E-state index contributed by atoms with van der Waals surface area (Å²) < 4.78 is 16.9. The maximum Gasteiger partial charge on any atom is 0.287 e. The van der Waals surface area contributed by atoms with Gasteiger partial charge in [0.2, 0.25) is 0 Å². The third-order valence-electron chi connectivity index (χ3n) is 7.00. The van der Waals surface area contributed by atoms with Crippen molar-refractivity contribution in [2.24, 2.45) is 0 Å². The molecule has 2 aromatic carbocycles. The molecule has 0 aliphatic carbocycles. The SMILES string of the molecule is CN1CCn2nc(Nc3cc(-c4ccc(F)c(NC(=O)c5ccc(C(C)(C)C)cc5)c4CO)n[nH]c3=O)cc2C1. The molecule has 3 heterocycles. The molecule has 0 saturated carbocycles. The summed E-state index contributed by atoms with van der Waals surface area (Å²) >= 11 is 0. The van der Waals surface area contributed by atoms with Crippen LogP contribution < -0.4 is 16.2 Å². The van der Waals surface area contributed by atoms with Crippen LogP contribution in [-0.4, -0.2) is 49.5 Å². The Bertz CT molecular complexity index is 1620. The van der Waals surface area contributed by atoms with Gasteiger partial charge >= 0.3 is 0 Å². The van der Waals surface area contributed by atoms with E-state index in [4.69, 9.17) is 0 Å². The van der Waals surface area contributed by atoms with Crippen LogP contribution in [0.4, 0.5) is 21.6 Å². The average Bonchev–Trinajstić information content (AvgIpc) is 3.32. The summed E-state index contributed by atoms with van der Waals surface area (Å²) in [6.45, 7) is 8.02. The number of carbonyl (C=O) groups is 1. The third kappa shape index (κ3) is 5.51. The first kappa shape index (κ1) is 27.2. The van der Waals surface area contributed by atoms with Crippen molar-refractivity contribution in [1.29, 1.82) is 0 Å². The summed E-state index contributed by atoms with van der Waals surface area (Å²) in [5.41, 5.74) is 2.69. The maximum absolute atomic E-state index is 15.0. The van der Waals surface area contributed by atoms with E-state index in [0.717, 1.165) is 30.9 Å². The van der Waals surface area contributed by atoms with Crippen LogP contribution in [0.3, 0.4) is 0 Å². The van der Waals surface area contributed by atoms with Crippen LogP contribution >= 0.6 is 0 Å². The maximum atomic E-state index is 15.0. The smallest absolute Gasteiger partial charge is 0.287 e. The van der Waals surface area contributed by atoms with Gasteiger partial charge in [0.05, 0.1) is 30.2 Å². The van der Waals surface area contributed by atoms with E-state index in [9.17, 15) is 19.1 Å². The Morgan fingerprint density at radius 2 is 1.88 bits per heavy atom. The number of nitrogens with one attached hydrogen (secondary N) is 3. The summed E-state index contributed by atoms with van der Waals surface area (Å²) in [5.74, 6) is -0.707. The first-order valence-corrected chi connectivity index (χ1v) is 13.0. The van der Waals surface area contributed by atoms with Gasteiger partial charge in [-0.05, 0) is 48.4 Å². The summed E-state index contributed by atoms with van der Waals surface area (Å²) in [7, 11) is 2.03. The number of aromatic nitrogens is 4. The average molecular weight is 546 g/mol. The van der Waals surface area contributed by atoms with E-state index in [0.29, 0.717) is 16.9 Å². The highest BCUT2D eigenvalue weighted by atomic mass is 19.1. The van der Waals surface area contributed by atoms with Gasteiger partial charge in [-0.2, -0.15) is 10.2 Å². The van der Waals surface area contributed by atoms with Gasteiger partial charge < -0.3 is 15.7 Å². The second kappa shape index (κ2) is 10.7. The number of aromatic amines is 1. The van der Waals surface area contributed by atoms with E-state index < -0.39 is 23.9 Å². The second-order valence-corrected chi connectivity index (χ2v) is 11.0. The summed E-state index contributed by atoms with van der Waals surface area (Å²) in [4.78, 5) is 27.8. The van der Waals surface area contributed by atoms with Crippen LogP contribution in [0, 0.1) is 5.82 Å². The van der Waals surface area contributed by atoms with E-state index in [2.05, 4.69) is 51.6 Å². The molecule has 1 amide bonds. The number of amides is 1. The number of carbonyl (C=O) groups excluding carboxylic acids is 1. The number of hydrogen-bond donors (Lipinski definition) is 4. The molecule has 208 valence electrons. The number of aliphatic hydroxyl groups excluding tert-OH is 1. The summed E-state index contributed by atoms with van der Waals surface area (Å²) in [6.07, 6.45) is 0. The number of likely N-dealkylation sites (N-methyl/N-ethyl adjacent to an activating group) is 1. The van der Waals surface area contributed by atoms with Crippen molar-refractivity contribution < 1.29 is 14.3 Å². The molecule has 10 nitrogen and oxygen atoms in total. The molecular formula is C29H32FN7O3. The van der Waals surface area contributed by atoms with Gasteiger partial charge in [0.15, 0.2) is 5.82 Å². The molecule has 0 fully saturated rings. The van der Waals surface area contributed by atoms with Crippen molar-refractivity contribution in [1.82, 2.24) is 24.9 Å². The molecule has 0 radical (unpaired) electrons. The predicted molar refractivity (Wildman–Crippen MR) is 151 cm³/mol. The summed E-state index contributed by atoms with van der Waals surface area (Å²) in [5, 5.41) is 27.0. The lowest BCUT2D eigenvalue weighted by Gasteiger charge is -2.22. The number of anilines is 3. The number of benzene rings is 2. The van der Waals surface area contributed by atoms with Gasteiger partial charge in [0, 0.05) is 35.8 Å². The highest BCUT2D eigenvalue weighted by Crippen LogP contribution is 2.32. The molecule has 2 aromatic heterocycles. The minimum atomic E-state index is -0.705. The van der Waals surface area contributed by atoms with Crippen molar-refractivity contribution in [3.05, 3.63) is 87.1 Å². The topological polar surface area (TPSA) is 128 Å². The Morgan fingerprint density at radius 1 is 1.12 bits per heavy atom. The number of nitrogens with zero attached hydrogens (tertiary/aromatic N) is 4. The van der Waals surface area contributed by atoms with Crippen molar-refractivity contribution in [3.8, 4) is 11.3 Å². The Morgan fingerprint density at radius 3 is 2.58 bits per heavy atom. The number of hydrogen-bond acceptors (Lipinski definition) is 7. The van der Waals surface area contributed by atoms with Crippen molar-refractivity contribution in [3.63, 3.8) is 0 Å². The van der Waals surface area contributed by atoms with Gasteiger partial charge in [-0.3, -0.25) is 19.2 Å². The minimum Gasteiger partial charge on any atom is -0.392 e.